The topological polar surface area (TPSA) is 116 Å². The third-order valence-corrected chi connectivity index (χ3v) is 4.16. The van der Waals surface area contributed by atoms with E-state index in [-0.39, 0.29) is 0 Å². The number of carbonyl (C=O) groups is 2. The summed E-state index contributed by atoms with van der Waals surface area (Å²) in [5.74, 6) is -4.34. The van der Waals surface area contributed by atoms with Crippen molar-refractivity contribution in [3.05, 3.63) is 18.2 Å². The fourth-order valence-electron chi connectivity index (χ4n) is 2.70. The van der Waals surface area contributed by atoms with E-state index in [4.69, 9.17) is 19.8 Å². The van der Waals surface area contributed by atoms with Gasteiger partial charge in [0.2, 0.25) is 0 Å². The lowest BCUT2D eigenvalue weighted by Gasteiger charge is -2.22. The second-order valence-electron chi connectivity index (χ2n) is 6.36. The lowest BCUT2D eigenvalue weighted by molar-refractivity contribution is -0.193. The van der Waals surface area contributed by atoms with Crippen molar-refractivity contribution in [2.45, 2.75) is 57.5 Å². The van der Waals surface area contributed by atoms with E-state index in [9.17, 15) is 31.4 Å². The van der Waals surface area contributed by atoms with Crippen LogP contribution in [0.4, 0.5) is 26.3 Å². The zero-order chi connectivity index (χ0) is 24.2. The van der Waals surface area contributed by atoms with Crippen LogP contribution < -0.4 is 0 Å². The van der Waals surface area contributed by atoms with Crippen LogP contribution in [0.3, 0.4) is 0 Å². The van der Waals surface area contributed by atoms with Crippen LogP contribution in [0, 0.1) is 0 Å². The fourth-order valence-corrected chi connectivity index (χ4v) is 2.70. The third kappa shape index (κ3) is 11.6. The fraction of sp³-hybridized carbons (Fsp3) is 0.706. The smallest absolute Gasteiger partial charge is 0.475 e. The number of carboxylic acid groups (broad SMARTS) is 2. The number of alkyl halides is 6. The van der Waals surface area contributed by atoms with Crippen molar-refractivity contribution >= 4 is 11.9 Å². The highest BCUT2D eigenvalue weighted by atomic mass is 19.4. The standard InChI is InChI=1S/C13H23N3O.2C2HF3O2/c1-2-13-14-6-10-16(13)9-4-8-15-7-3-5-12(15)11-17;2*3-2(4,5)1(6)7/h6,10,12,17H,2-5,7-9,11H2,1H3;2*(H,6,7)/t12-;;/m0../s1. The predicted octanol–water partition coefficient (Wildman–Crippen LogP) is 2.56. The molecule has 0 spiro atoms. The first-order valence-corrected chi connectivity index (χ1v) is 9.19. The van der Waals surface area contributed by atoms with Gasteiger partial charge in [-0.25, -0.2) is 14.6 Å². The zero-order valence-electron chi connectivity index (χ0n) is 16.7. The number of nitrogens with zero attached hydrogens (tertiary/aromatic N) is 3. The van der Waals surface area contributed by atoms with Crippen molar-refractivity contribution in [2.24, 2.45) is 0 Å². The average molecular weight is 465 g/mol. The van der Waals surface area contributed by atoms with Gasteiger partial charge in [0.05, 0.1) is 6.61 Å². The molecular weight excluding hydrogens is 440 g/mol. The van der Waals surface area contributed by atoms with E-state index in [1.165, 1.54) is 12.2 Å². The van der Waals surface area contributed by atoms with Gasteiger partial charge < -0.3 is 19.9 Å². The monoisotopic (exact) mass is 465 g/mol. The second kappa shape index (κ2) is 13.1. The second-order valence-corrected chi connectivity index (χ2v) is 6.36. The summed E-state index contributed by atoms with van der Waals surface area (Å²) in [7, 11) is 0. The van der Waals surface area contributed by atoms with Crippen LogP contribution in [0.1, 0.15) is 32.0 Å². The summed E-state index contributed by atoms with van der Waals surface area (Å²) < 4.78 is 65.7. The molecule has 0 aromatic carbocycles. The molecule has 1 fully saturated rings. The number of imidazole rings is 1. The summed E-state index contributed by atoms with van der Waals surface area (Å²) in [6, 6.07) is 0.406. The molecule has 3 N–H and O–H groups in total. The molecule has 0 aliphatic carbocycles. The molecule has 1 aromatic rings. The molecule has 1 aliphatic rings. The van der Waals surface area contributed by atoms with Gasteiger partial charge in [-0.05, 0) is 25.8 Å². The molecule has 8 nitrogen and oxygen atoms in total. The summed E-state index contributed by atoms with van der Waals surface area (Å²) in [5.41, 5.74) is 0. The Morgan fingerprint density at radius 1 is 1.10 bits per heavy atom. The zero-order valence-corrected chi connectivity index (χ0v) is 16.7. The van der Waals surface area contributed by atoms with Gasteiger partial charge in [0, 0.05) is 37.9 Å². The molecule has 0 bridgehead atoms. The Bertz CT molecular complexity index is 654. The average Bonchev–Trinajstić information content (AvgIpc) is 3.29. The van der Waals surface area contributed by atoms with Gasteiger partial charge in [0.1, 0.15) is 5.82 Å². The van der Waals surface area contributed by atoms with Gasteiger partial charge in [-0.2, -0.15) is 26.3 Å². The van der Waals surface area contributed by atoms with Crippen molar-refractivity contribution in [1.82, 2.24) is 14.5 Å². The number of rotatable bonds is 6. The van der Waals surface area contributed by atoms with Gasteiger partial charge in [-0.1, -0.05) is 6.92 Å². The first-order valence-electron chi connectivity index (χ1n) is 9.19. The highest BCUT2D eigenvalue weighted by molar-refractivity contribution is 5.73. The molecule has 14 heteroatoms. The Morgan fingerprint density at radius 2 is 1.61 bits per heavy atom. The Kier molecular flexibility index (Phi) is 12.1. The van der Waals surface area contributed by atoms with Crippen LogP contribution in [-0.4, -0.2) is 79.8 Å². The van der Waals surface area contributed by atoms with E-state index in [1.54, 1.807) is 0 Å². The molecule has 180 valence electrons. The predicted molar refractivity (Wildman–Crippen MR) is 95.3 cm³/mol. The number of aliphatic carboxylic acids is 2. The maximum atomic E-state index is 10.6. The number of hydrogen-bond donors (Lipinski definition) is 3. The third-order valence-electron chi connectivity index (χ3n) is 4.16. The summed E-state index contributed by atoms with van der Waals surface area (Å²) in [6.45, 7) is 5.73. The van der Waals surface area contributed by atoms with Crippen molar-refractivity contribution < 1.29 is 51.3 Å². The van der Waals surface area contributed by atoms with Crippen molar-refractivity contribution in [1.29, 1.82) is 0 Å². The van der Waals surface area contributed by atoms with Gasteiger partial charge in [0.15, 0.2) is 0 Å². The van der Waals surface area contributed by atoms with E-state index in [0.717, 1.165) is 38.9 Å². The van der Waals surface area contributed by atoms with Gasteiger partial charge in [0.25, 0.3) is 0 Å². The molecule has 2 rings (SSSR count). The number of aromatic nitrogens is 2. The SMILES string of the molecule is CCc1nccn1CCCN1CCC[C@H]1CO.O=C(O)C(F)(F)F.O=C(O)C(F)(F)F. The minimum atomic E-state index is -5.08. The van der Waals surface area contributed by atoms with Crippen LogP contribution in [0.15, 0.2) is 12.4 Å². The number of aliphatic hydroxyl groups is 1. The Morgan fingerprint density at radius 3 is 2.03 bits per heavy atom. The number of aryl methyl sites for hydroxylation is 2. The summed E-state index contributed by atoms with van der Waals surface area (Å²) in [4.78, 5) is 24.5. The molecule has 31 heavy (non-hydrogen) atoms. The summed E-state index contributed by atoms with van der Waals surface area (Å²) in [5, 5.41) is 23.5. The maximum absolute atomic E-state index is 10.6. The molecule has 1 saturated heterocycles. The number of likely N-dealkylation sites (tertiary alicyclic amines) is 1. The summed E-state index contributed by atoms with van der Waals surface area (Å²) >= 11 is 0. The first kappa shape index (κ1) is 28.6. The summed E-state index contributed by atoms with van der Waals surface area (Å²) in [6.07, 6.45) is -1.70. The van der Waals surface area contributed by atoms with E-state index < -0.39 is 24.3 Å². The van der Waals surface area contributed by atoms with Crippen LogP contribution in [0.2, 0.25) is 0 Å². The maximum Gasteiger partial charge on any atom is 0.490 e. The quantitative estimate of drug-likeness (QED) is 0.553. The molecule has 2 heterocycles. The molecule has 0 amide bonds. The van der Waals surface area contributed by atoms with Crippen molar-refractivity contribution in [2.75, 3.05) is 19.7 Å². The van der Waals surface area contributed by atoms with Gasteiger partial charge in [-0.15, -0.1) is 0 Å². The first-order chi connectivity index (χ1) is 14.2. The largest absolute Gasteiger partial charge is 0.490 e. The van der Waals surface area contributed by atoms with Crippen LogP contribution in [0.5, 0.6) is 0 Å². The van der Waals surface area contributed by atoms with Gasteiger partial charge >= 0.3 is 24.3 Å². The van der Waals surface area contributed by atoms with Crippen molar-refractivity contribution in [3.8, 4) is 0 Å². The van der Waals surface area contributed by atoms with Gasteiger partial charge in [-0.3, -0.25) is 4.90 Å². The number of halogens is 6. The number of carboxylic acids is 2. The minimum absolute atomic E-state index is 0.311. The molecular formula is C17H25F6N3O5. The molecule has 1 atom stereocenters. The molecule has 1 aromatic heterocycles. The van der Waals surface area contributed by atoms with E-state index in [0.29, 0.717) is 12.6 Å². The van der Waals surface area contributed by atoms with E-state index in [1.807, 2.05) is 6.20 Å². The number of aliphatic hydroxyl groups excluding tert-OH is 1. The molecule has 0 saturated carbocycles. The van der Waals surface area contributed by atoms with Crippen molar-refractivity contribution in [3.63, 3.8) is 0 Å². The molecule has 0 unspecified atom stereocenters. The normalized spacial score (nSPS) is 16.7. The highest BCUT2D eigenvalue weighted by Crippen LogP contribution is 2.17. The van der Waals surface area contributed by atoms with Crippen LogP contribution in [0.25, 0.3) is 0 Å². The lowest BCUT2D eigenvalue weighted by atomic mass is 10.2. The van der Waals surface area contributed by atoms with Crippen LogP contribution in [-0.2, 0) is 22.6 Å². The highest BCUT2D eigenvalue weighted by Gasteiger charge is 2.38. The molecule has 0 radical (unpaired) electrons. The Hall–Kier alpha value is -2.35. The minimum Gasteiger partial charge on any atom is -0.475 e. The molecule has 1 aliphatic heterocycles. The number of hydrogen-bond acceptors (Lipinski definition) is 5. The van der Waals surface area contributed by atoms with E-state index >= 15 is 0 Å². The lowest BCUT2D eigenvalue weighted by Crippen LogP contribution is -2.33. The Balaban J connectivity index is 0.000000536. The Labute approximate surface area is 174 Å². The van der Waals surface area contributed by atoms with Crippen LogP contribution >= 0.6 is 0 Å². The van der Waals surface area contributed by atoms with E-state index in [2.05, 4.69) is 27.6 Å².